The molecule has 2 N–H and O–H groups in total. The van der Waals surface area contributed by atoms with Crippen LogP contribution in [0.25, 0.3) is 0 Å². The van der Waals surface area contributed by atoms with Crippen molar-refractivity contribution in [3.8, 4) is 0 Å². The van der Waals surface area contributed by atoms with Gasteiger partial charge in [0.15, 0.2) is 5.96 Å². The quantitative estimate of drug-likeness (QED) is 0.303. The van der Waals surface area contributed by atoms with E-state index >= 15 is 0 Å². The van der Waals surface area contributed by atoms with E-state index in [1.54, 1.807) is 0 Å². The molecule has 1 fully saturated rings. The number of alkyl halides is 3. The highest BCUT2D eigenvalue weighted by Gasteiger charge is 2.41. The first-order valence-electron chi connectivity index (χ1n) is 10.5. The standard InChI is InChI=1S/C21H32F3N5O.HI/c1-4-6-19(30)27-18-9-7-17(8-10-18)15-26-20(25-5-2)29-13-11-28(12-14-29)16(3)21(22,23)24;/h7-10,16H,4-6,11-15H2,1-3H3,(H,25,26)(H,27,30);1H. The molecule has 1 aromatic rings. The summed E-state index contributed by atoms with van der Waals surface area (Å²) >= 11 is 0. The Balaban J connectivity index is 0.00000480. The summed E-state index contributed by atoms with van der Waals surface area (Å²) in [6.07, 6.45) is -2.91. The number of nitrogens with one attached hydrogen (secondary N) is 2. The van der Waals surface area contributed by atoms with Crippen molar-refractivity contribution in [1.29, 1.82) is 0 Å². The minimum absolute atomic E-state index is 0. The van der Waals surface area contributed by atoms with Crippen molar-refractivity contribution >= 4 is 41.5 Å². The van der Waals surface area contributed by atoms with Crippen LogP contribution in [0.3, 0.4) is 0 Å². The molecule has 1 saturated heterocycles. The normalized spacial score (nSPS) is 16.5. The number of carbonyl (C=O) groups is 1. The molecule has 0 spiro atoms. The molecule has 1 aromatic carbocycles. The van der Waals surface area contributed by atoms with E-state index in [1.807, 2.05) is 43.0 Å². The first-order valence-corrected chi connectivity index (χ1v) is 10.5. The average Bonchev–Trinajstić information content (AvgIpc) is 2.71. The van der Waals surface area contributed by atoms with Gasteiger partial charge >= 0.3 is 6.18 Å². The Morgan fingerprint density at radius 2 is 1.74 bits per heavy atom. The molecule has 1 unspecified atom stereocenters. The predicted molar refractivity (Wildman–Crippen MR) is 129 cm³/mol. The van der Waals surface area contributed by atoms with Crippen molar-refractivity contribution in [2.75, 3.05) is 38.0 Å². The summed E-state index contributed by atoms with van der Waals surface area (Å²) in [6.45, 7) is 7.94. The highest BCUT2D eigenvalue weighted by atomic mass is 127. The number of guanidine groups is 1. The first-order chi connectivity index (χ1) is 14.2. The third-order valence-electron chi connectivity index (χ3n) is 5.10. The van der Waals surface area contributed by atoms with E-state index in [0.717, 1.165) is 17.7 Å². The molecule has 1 atom stereocenters. The molecule has 10 heteroatoms. The van der Waals surface area contributed by atoms with Gasteiger partial charge in [-0.05, 0) is 38.0 Å². The van der Waals surface area contributed by atoms with Gasteiger partial charge < -0.3 is 15.5 Å². The van der Waals surface area contributed by atoms with Crippen LogP contribution >= 0.6 is 24.0 Å². The molecule has 1 heterocycles. The third kappa shape index (κ3) is 8.83. The number of nitrogens with zero attached hydrogens (tertiary/aromatic N) is 3. The summed E-state index contributed by atoms with van der Waals surface area (Å²) in [5.41, 5.74) is 1.74. The zero-order chi connectivity index (χ0) is 22.1. The number of piperazine rings is 1. The molecule has 0 bridgehead atoms. The molecule has 6 nitrogen and oxygen atoms in total. The minimum atomic E-state index is -4.21. The minimum Gasteiger partial charge on any atom is -0.357 e. The second-order valence-corrected chi connectivity index (χ2v) is 7.41. The number of benzene rings is 1. The van der Waals surface area contributed by atoms with Crippen molar-refractivity contribution < 1.29 is 18.0 Å². The second-order valence-electron chi connectivity index (χ2n) is 7.41. The van der Waals surface area contributed by atoms with E-state index in [9.17, 15) is 18.0 Å². The number of anilines is 1. The Bertz CT molecular complexity index is 704. The van der Waals surface area contributed by atoms with Crippen LogP contribution in [-0.4, -0.2) is 66.6 Å². The van der Waals surface area contributed by atoms with Crippen LogP contribution in [0, 0.1) is 0 Å². The van der Waals surface area contributed by atoms with E-state index in [0.29, 0.717) is 51.6 Å². The number of hydrogen-bond donors (Lipinski definition) is 2. The summed E-state index contributed by atoms with van der Waals surface area (Å²) in [4.78, 5) is 19.8. The van der Waals surface area contributed by atoms with E-state index in [1.165, 1.54) is 11.8 Å². The molecule has 1 aliphatic heterocycles. The summed E-state index contributed by atoms with van der Waals surface area (Å²) in [5, 5.41) is 6.08. The fourth-order valence-electron chi connectivity index (χ4n) is 3.26. The molecule has 0 saturated carbocycles. The van der Waals surface area contributed by atoms with Gasteiger partial charge in [0.2, 0.25) is 5.91 Å². The molecule has 2 rings (SSSR count). The smallest absolute Gasteiger partial charge is 0.357 e. The van der Waals surface area contributed by atoms with Crippen LogP contribution in [-0.2, 0) is 11.3 Å². The van der Waals surface area contributed by atoms with Crippen molar-refractivity contribution in [2.45, 2.75) is 52.4 Å². The highest BCUT2D eigenvalue weighted by Crippen LogP contribution is 2.25. The summed E-state index contributed by atoms with van der Waals surface area (Å²) in [5.74, 6) is 0.703. The molecule has 31 heavy (non-hydrogen) atoms. The summed E-state index contributed by atoms with van der Waals surface area (Å²) in [7, 11) is 0. The monoisotopic (exact) mass is 555 g/mol. The number of aliphatic imine (C=N–C) groups is 1. The van der Waals surface area contributed by atoms with Gasteiger partial charge in [-0.2, -0.15) is 13.2 Å². The van der Waals surface area contributed by atoms with Crippen LogP contribution in [0.1, 0.15) is 39.2 Å². The Hall–Kier alpha value is -1.56. The van der Waals surface area contributed by atoms with E-state index in [2.05, 4.69) is 15.6 Å². The maximum atomic E-state index is 12.9. The molecular formula is C21H33F3IN5O. The number of hydrogen-bond acceptors (Lipinski definition) is 3. The average molecular weight is 555 g/mol. The Morgan fingerprint density at radius 3 is 2.26 bits per heavy atom. The van der Waals surface area contributed by atoms with Gasteiger partial charge in [0.05, 0.1) is 6.54 Å². The second kappa shape index (κ2) is 13.1. The van der Waals surface area contributed by atoms with Crippen LogP contribution in [0.5, 0.6) is 0 Å². The lowest BCUT2D eigenvalue weighted by Gasteiger charge is -2.39. The van der Waals surface area contributed by atoms with Gasteiger partial charge in [-0.25, -0.2) is 4.99 Å². The Morgan fingerprint density at radius 1 is 1.13 bits per heavy atom. The van der Waals surface area contributed by atoms with Gasteiger partial charge in [0, 0.05) is 44.8 Å². The zero-order valence-corrected chi connectivity index (χ0v) is 20.7. The van der Waals surface area contributed by atoms with E-state index in [-0.39, 0.29) is 29.9 Å². The van der Waals surface area contributed by atoms with Gasteiger partial charge in [0.1, 0.15) is 6.04 Å². The van der Waals surface area contributed by atoms with Crippen LogP contribution in [0.4, 0.5) is 18.9 Å². The number of halogens is 4. The predicted octanol–water partition coefficient (Wildman–Crippen LogP) is 4.08. The molecule has 1 amide bonds. The molecular weight excluding hydrogens is 522 g/mol. The largest absolute Gasteiger partial charge is 0.403 e. The van der Waals surface area contributed by atoms with Gasteiger partial charge in [-0.15, -0.1) is 24.0 Å². The van der Waals surface area contributed by atoms with Crippen molar-refractivity contribution in [3.63, 3.8) is 0 Å². The lowest BCUT2D eigenvalue weighted by molar-refractivity contribution is -0.181. The van der Waals surface area contributed by atoms with Gasteiger partial charge in [0.25, 0.3) is 0 Å². The maximum Gasteiger partial charge on any atom is 0.403 e. The fourth-order valence-corrected chi connectivity index (χ4v) is 3.26. The lowest BCUT2D eigenvalue weighted by atomic mass is 10.2. The van der Waals surface area contributed by atoms with Crippen molar-refractivity contribution in [3.05, 3.63) is 29.8 Å². The molecule has 0 radical (unpaired) electrons. The van der Waals surface area contributed by atoms with Crippen molar-refractivity contribution in [1.82, 2.24) is 15.1 Å². The molecule has 176 valence electrons. The van der Waals surface area contributed by atoms with Gasteiger partial charge in [-0.3, -0.25) is 9.69 Å². The van der Waals surface area contributed by atoms with Crippen LogP contribution < -0.4 is 10.6 Å². The number of amides is 1. The Labute approximate surface area is 199 Å². The summed E-state index contributed by atoms with van der Waals surface area (Å²) in [6, 6.07) is 6.09. The number of rotatable bonds is 7. The molecule has 0 aliphatic carbocycles. The third-order valence-corrected chi connectivity index (χ3v) is 5.10. The fraction of sp³-hybridized carbons (Fsp3) is 0.619. The van der Waals surface area contributed by atoms with Crippen LogP contribution in [0.15, 0.2) is 29.3 Å². The SMILES string of the molecule is CCCC(=O)Nc1ccc(CN=C(NCC)N2CCN(C(C)C(F)(F)F)CC2)cc1.I. The first kappa shape index (κ1) is 27.5. The van der Waals surface area contributed by atoms with E-state index in [4.69, 9.17) is 0 Å². The maximum absolute atomic E-state index is 12.9. The highest BCUT2D eigenvalue weighted by molar-refractivity contribution is 14.0. The zero-order valence-electron chi connectivity index (χ0n) is 18.3. The number of carbonyl (C=O) groups excluding carboxylic acids is 1. The van der Waals surface area contributed by atoms with Crippen LogP contribution in [0.2, 0.25) is 0 Å². The van der Waals surface area contributed by atoms with E-state index < -0.39 is 12.2 Å². The van der Waals surface area contributed by atoms with Gasteiger partial charge in [-0.1, -0.05) is 19.1 Å². The summed E-state index contributed by atoms with van der Waals surface area (Å²) < 4.78 is 38.8. The lowest BCUT2D eigenvalue weighted by Crippen LogP contribution is -2.56. The molecule has 1 aliphatic rings. The molecule has 0 aromatic heterocycles. The topological polar surface area (TPSA) is 60.0 Å². The van der Waals surface area contributed by atoms with Crippen molar-refractivity contribution in [2.24, 2.45) is 4.99 Å². The Kier molecular flexibility index (Phi) is 11.6.